The summed E-state index contributed by atoms with van der Waals surface area (Å²) in [5, 5.41) is 6.79. The van der Waals surface area contributed by atoms with E-state index in [1.54, 1.807) is 36.7 Å². The Labute approximate surface area is 119 Å². The number of aromatic nitrogens is 4. The van der Waals surface area contributed by atoms with Gasteiger partial charge in [0.2, 0.25) is 4.77 Å². The van der Waals surface area contributed by atoms with E-state index in [-0.39, 0.29) is 10.7 Å². The molecule has 0 atom stereocenters. The van der Waals surface area contributed by atoms with Crippen LogP contribution in [0.15, 0.2) is 54.9 Å². The zero-order chi connectivity index (χ0) is 13.9. The zero-order valence-electron chi connectivity index (χ0n) is 10.4. The third kappa shape index (κ3) is 2.17. The maximum absolute atomic E-state index is 12.5. The number of rotatable bonds is 2. The zero-order valence-corrected chi connectivity index (χ0v) is 11.2. The number of carbonyl (C=O) groups excluding carboxylic acids is 1. The second-order valence-electron chi connectivity index (χ2n) is 4.09. The fourth-order valence-corrected chi connectivity index (χ4v) is 2.10. The molecule has 0 aliphatic rings. The van der Waals surface area contributed by atoms with Gasteiger partial charge in [-0.3, -0.25) is 14.9 Å². The van der Waals surface area contributed by atoms with Crippen LogP contribution in [0, 0.1) is 4.77 Å². The van der Waals surface area contributed by atoms with E-state index in [0.29, 0.717) is 11.4 Å². The van der Waals surface area contributed by atoms with Crippen LogP contribution in [0.1, 0.15) is 10.4 Å². The fourth-order valence-electron chi connectivity index (χ4n) is 1.89. The van der Waals surface area contributed by atoms with Crippen molar-refractivity contribution in [3.05, 3.63) is 65.2 Å². The highest BCUT2D eigenvalue weighted by Gasteiger charge is 2.16. The number of carbonyl (C=O) groups is 1. The van der Waals surface area contributed by atoms with Crippen molar-refractivity contribution in [2.24, 2.45) is 0 Å². The average molecular weight is 282 g/mol. The van der Waals surface area contributed by atoms with Gasteiger partial charge in [-0.25, -0.2) is 4.57 Å². The molecule has 0 saturated carbocycles. The van der Waals surface area contributed by atoms with E-state index in [1.165, 1.54) is 4.57 Å². The van der Waals surface area contributed by atoms with E-state index in [9.17, 15) is 4.79 Å². The molecule has 2 heterocycles. The molecule has 2 aromatic heterocycles. The number of pyridine rings is 1. The highest BCUT2D eigenvalue weighted by atomic mass is 32.1. The lowest BCUT2D eigenvalue weighted by atomic mass is 10.2. The van der Waals surface area contributed by atoms with E-state index in [0.717, 1.165) is 5.56 Å². The van der Waals surface area contributed by atoms with Gasteiger partial charge in [-0.2, -0.15) is 5.10 Å². The summed E-state index contributed by atoms with van der Waals surface area (Å²) in [7, 11) is 0. The van der Waals surface area contributed by atoms with Gasteiger partial charge in [0.15, 0.2) is 5.82 Å². The van der Waals surface area contributed by atoms with Gasteiger partial charge in [0, 0.05) is 23.5 Å². The molecule has 0 aliphatic heterocycles. The minimum atomic E-state index is -0.212. The van der Waals surface area contributed by atoms with Crippen molar-refractivity contribution >= 4 is 18.1 Å². The normalized spacial score (nSPS) is 10.4. The average Bonchev–Trinajstić information content (AvgIpc) is 2.90. The van der Waals surface area contributed by atoms with Gasteiger partial charge in [0.1, 0.15) is 0 Å². The van der Waals surface area contributed by atoms with E-state index in [1.807, 2.05) is 18.2 Å². The topological polar surface area (TPSA) is 63.6 Å². The molecule has 0 unspecified atom stereocenters. The summed E-state index contributed by atoms with van der Waals surface area (Å²) in [5.74, 6) is 0.266. The summed E-state index contributed by atoms with van der Waals surface area (Å²) in [6, 6.07) is 12.5. The molecule has 1 aromatic carbocycles. The molecule has 6 heteroatoms. The van der Waals surface area contributed by atoms with Gasteiger partial charge in [-0.15, -0.1) is 0 Å². The predicted molar refractivity (Wildman–Crippen MR) is 76.8 cm³/mol. The van der Waals surface area contributed by atoms with Crippen LogP contribution in [0.25, 0.3) is 11.4 Å². The summed E-state index contributed by atoms with van der Waals surface area (Å²) in [5.41, 5.74) is 1.33. The van der Waals surface area contributed by atoms with Crippen LogP contribution >= 0.6 is 12.2 Å². The minimum absolute atomic E-state index is 0.212. The van der Waals surface area contributed by atoms with Crippen LogP contribution in [0.2, 0.25) is 0 Å². The summed E-state index contributed by atoms with van der Waals surface area (Å²) >= 11 is 5.16. The standard InChI is InChI=1S/C14H10N4OS/c19-13(11-4-2-1-3-5-11)18-12(16-17-14(18)20)10-6-8-15-9-7-10/h1-9H,(H,17,20). The summed E-state index contributed by atoms with van der Waals surface area (Å²) in [4.78, 5) is 16.5. The lowest BCUT2D eigenvalue weighted by Crippen LogP contribution is -2.13. The maximum atomic E-state index is 12.5. The van der Waals surface area contributed by atoms with E-state index in [4.69, 9.17) is 12.2 Å². The number of H-pyrrole nitrogens is 1. The van der Waals surface area contributed by atoms with E-state index >= 15 is 0 Å². The molecular weight excluding hydrogens is 272 g/mol. The lowest BCUT2D eigenvalue weighted by Gasteiger charge is -2.05. The Morgan fingerprint density at radius 1 is 1.10 bits per heavy atom. The fraction of sp³-hybridized carbons (Fsp3) is 0. The molecule has 20 heavy (non-hydrogen) atoms. The Balaban J connectivity index is 2.14. The smallest absolute Gasteiger partial charge is 0.265 e. The third-order valence-corrected chi connectivity index (χ3v) is 3.11. The Hall–Kier alpha value is -2.60. The van der Waals surface area contributed by atoms with Crippen molar-refractivity contribution in [3.63, 3.8) is 0 Å². The predicted octanol–water partition coefficient (Wildman–Crippen LogP) is 2.69. The second kappa shape index (κ2) is 5.18. The molecule has 0 amide bonds. The van der Waals surface area contributed by atoms with Crippen LogP contribution in [0.3, 0.4) is 0 Å². The first-order valence-electron chi connectivity index (χ1n) is 5.95. The number of benzene rings is 1. The number of nitrogens with zero attached hydrogens (tertiary/aromatic N) is 3. The van der Waals surface area contributed by atoms with Crippen LogP contribution < -0.4 is 0 Å². The van der Waals surface area contributed by atoms with Crippen molar-refractivity contribution in [1.29, 1.82) is 0 Å². The summed E-state index contributed by atoms with van der Waals surface area (Å²) < 4.78 is 1.66. The van der Waals surface area contributed by atoms with Crippen molar-refractivity contribution in [1.82, 2.24) is 19.7 Å². The number of hydrogen-bond acceptors (Lipinski definition) is 4. The van der Waals surface area contributed by atoms with Crippen molar-refractivity contribution in [2.75, 3.05) is 0 Å². The monoisotopic (exact) mass is 282 g/mol. The summed E-state index contributed by atoms with van der Waals surface area (Å²) in [6.07, 6.45) is 3.29. The van der Waals surface area contributed by atoms with Crippen LogP contribution in [-0.2, 0) is 0 Å². The van der Waals surface area contributed by atoms with Crippen LogP contribution in [0.5, 0.6) is 0 Å². The van der Waals surface area contributed by atoms with E-state index < -0.39 is 0 Å². The van der Waals surface area contributed by atoms with Gasteiger partial charge in [-0.1, -0.05) is 18.2 Å². The number of hydrogen-bond donors (Lipinski definition) is 1. The maximum Gasteiger partial charge on any atom is 0.265 e. The first kappa shape index (κ1) is 12.4. The molecule has 98 valence electrons. The number of aromatic amines is 1. The molecular formula is C14H10N4OS. The van der Waals surface area contributed by atoms with Gasteiger partial charge >= 0.3 is 0 Å². The minimum Gasteiger partial charge on any atom is -0.268 e. The van der Waals surface area contributed by atoms with Crippen LogP contribution in [-0.4, -0.2) is 25.7 Å². The molecule has 3 rings (SSSR count). The molecule has 0 saturated heterocycles. The molecule has 5 nitrogen and oxygen atoms in total. The van der Waals surface area contributed by atoms with Crippen molar-refractivity contribution in [3.8, 4) is 11.4 Å². The lowest BCUT2D eigenvalue weighted by molar-refractivity contribution is 0.0960. The molecule has 0 spiro atoms. The van der Waals surface area contributed by atoms with Gasteiger partial charge in [-0.05, 0) is 36.5 Å². The Morgan fingerprint density at radius 3 is 2.50 bits per heavy atom. The summed E-state index contributed by atoms with van der Waals surface area (Å²) in [6.45, 7) is 0. The molecule has 0 radical (unpaired) electrons. The van der Waals surface area contributed by atoms with Crippen LogP contribution in [0.4, 0.5) is 0 Å². The van der Waals surface area contributed by atoms with Crippen molar-refractivity contribution < 1.29 is 4.79 Å². The molecule has 3 aromatic rings. The largest absolute Gasteiger partial charge is 0.268 e. The molecule has 0 bridgehead atoms. The van der Waals surface area contributed by atoms with Gasteiger partial charge in [0.25, 0.3) is 5.91 Å². The molecule has 0 aliphatic carbocycles. The molecule has 0 fully saturated rings. The SMILES string of the molecule is O=C(c1ccccc1)n1c(-c2ccncc2)n[nH]c1=S. The second-order valence-corrected chi connectivity index (χ2v) is 4.48. The van der Waals surface area contributed by atoms with E-state index in [2.05, 4.69) is 15.2 Å². The Bertz CT molecular complexity index is 793. The van der Waals surface area contributed by atoms with Gasteiger partial charge < -0.3 is 0 Å². The number of nitrogens with one attached hydrogen (secondary N) is 1. The quantitative estimate of drug-likeness (QED) is 0.734. The molecule has 1 N–H and O–H groups in total. The van der Waals surface area contributed by atoms with Gasteiger partial charge in [0.05, 0.1) is 0 Å². The highest BCUT2D eigenvalue weighted by Crippen LogP contribution is 2.17. The third-order valence-electron chi connectivity index (χ3n) is 2.83. The Kier molecular flexibility index (Phi) is 3.22. The first-order valence-corrected chi connectivity index (χ1v) is 6.36. The Morgan fingerprint density at radius 2 is 1.80 bits per heavy atom. The highest BCUT2D eigenvalue weighted by molar-refractivity contribution is 7.71. The first-order chi connectivity index (χ1) is 9.77. The van der Waals surface area contributed by atoms with Crippen molar-refractivity contribution in [2.45, 2.75) is 0 Å².